The number of nitrogens with two attached hydrogens (primary N) is 1. The van der Waals surface area contributed by atoms with Crippen molar-refractivity contribution in [3.63, 3.8) is 0 Å². The molecule has 0 radical (unpaired) electrons. The SMILES string of the molecule is Cc1cc(C)n(-c2ccc(N)c(C)n2)n1. The van der Waals surface area contributed by atoms with Gasteiger partial charge < -0.3 is 5.73 Å². The van der Waals surface area contributed by atoms with Gasteiger partial charge in [0, 0.05) is 5.69 Å². The third kappa shape index (κ3) is 1.70. The van der Waals surface area contributed by atoms with Crippen molar-refractivity contribution in [1.82, 2.24) is 14.8 Å². The first-order chi connectivity index (χ1) is 7.08. The summed E-state index contributed by atoms with van der Waals surface area (Å²) in [6.45, 7) is 5.87. The van der Waals surface area contributed by atoms with E-state index in [1.807, 2.05) is 43.7 Å². The van der Waals surface area contributed by atoms with Gasteiger partial charge in [0.1, 0.15) is 0 Å². The first-order valence-corrected chi connectivity index (χ1v) is 4.84. The summed E-state index contributed by atoms with van der Waals surface area (Å²) in [6, 6.07) is 5.75. The van der Waals surface area contributed by atoms with Crippen LogP contribution in [0.1, 0.15) is 17.1 Å². The van der Waals surface area contributed by atoms with Crippen molar-refractivity contribution in [2.24, 2.45) is 0 Å². The Morgan fingerprint density at radius 2 is 1.93 bits per heavy atom. The van der Waals surface area contributed by atoms with E-state index in [0.717, 1.165) is 22.9 Å². The van der Waals surface area contributed by atoms with Crippen LogP contribution in [0.15, 0.2) is 18.2 Å². The Morgan fingerprint density at radius 1 is 1.20 bits per heavy atom. The zero-order chi connectivity index (χ0) is 11.0. The summed E-state index contributed by atoms with van der Waals surface area (Å²) in [4.78, 5) is 4.39. The monoisotopic (exact) mass is 202 g/mol. The van der Waals surface area contributed by atoms with Crippen molar-refractivity contribution >= 4 is 5.69 Å². The van der Waals surface area contributed by atoms with Crippen molar-refractivity contribution in [3.8, 4) is 5.82 Å². The molecule has 0 saturated carbocycles. The fourth-order valence-electron chi connectivity index (χ4n) is 1.54. The minimum Gasteiger partial charge on any atom is -0.397 e. The van der Waals surface area contributed by atoms with Gasteiger partial charge in [-0.25, -0.2) is 9.67 Å². The van der Waals surface area contributed by atoms with E-state index in [2.05, 4.69) is 10.1 Å². The minimum atomic E-state index is 0.709. The summed E-state index contributed by atoms with van der Waals surface area (Å²) < 4.78 is 1.82. The predicted molar refractivity (Wildman–Crippen MR) is 60.0 cm³/mol. The molecule has 0 fully saturated rings. The highest BCUT2D eigenvalue weighted by molar-refractivity contribution is 5.45. The number of aromatic nitrogens is 3. The average molecular weight is 202 g/mol. The first kappa shape index (κ1) is 9.71. The van der Waals surface area contributed by atoms with Gasteiger partial charge in [-0.05, 0) is 39.0 Å². The summed E-state index contributed by atoms with van der Waals surface area (Å²) in [6.07, 6.45) is 0. The number of anilines is 1. The smallest absolute Gasteiger partial charge is 0.154 e. The van der Waals surface area contributed by atoms with Crippen LogP contribution in [0.3, 0.4) is 0 Å². The van der Waals surface area contributed by atoms with E-state index in [1.54, 1.807) is 0 Å². The quantitative estimate of drug-likeness (QED) is 0.766. The molecule has 0 atom stereocenters. The second kappa shape index (κ2) is 3.38. The summed E-state index contributed by atoms with van der Waals surface area (Å²) in [5, 5.41) is 4.36. The van der Waals surface area contributed by atoms with Gasteiger partial charge in [0.15, 0.2) is 5.82 Å². The summed E-state index contributed by atoms with van der Waals surface area (Å²) in [7, 11) is 0. The first-order valence-electron chi connectivity index (χ1n) is 4.84. The summed E-state index contributed by atoms with van der Waals surface area (Å²) >= 11 is 0. The number of nitrogen functional groups attached to an aromatic ring is 1. The molecule has 2 aromatic heterocycles. The maximum absolute atomic E-state index is 5.72. The van der Waals surface area contributed by atoms with Crippen molar-refractivity contribution in [3.05, 3.63) is 35.3 Å². The van der Waals surface area contributed by atoms with E-state index in [9.17, 15) is 0 Å². The molecule has 78 valence electrons. The Hall–Kier alpha value is -1.84. The van der Waals surface area contributed by atoms with Crippen molar-refractivity contribution in [1.29, 1.82) is 0 Å². The van der Waals surface area contributed by atoms with Gasteiger partial charge in [0.2, 0.25) is 0 Å². The molecule has 0 aliphatic rings. The molecule has 0 aromatic carbocycles. The molecule has 0 spiro atoms. The van der Waals surface area contributed by atoms with Crippen LogP contribution in [0.25, 0.3) is 5.82 Å². The van der Waals surface area contributed by atoms with Gasteiger partial charge in [-0.1, -0.05) is 0 Å². The zero-order valence-corrected chi connectivity index (χ0v) is 9.15. The molecule has 2 N–H and O–H groups in total. The molecule has 0 saturated heterocycles. The maximum Gasteiger partial charge on any atom is 0.154 e. The molecule has 0 unspecified atom stereocenters. The Kier molecular flexibility index (Phi) is 2.19. The maximum atomic E-state index is 5.72. The Labute approximate surface area is 88.8 Å². The molecule has 0 aliphatic carbocycles. The Morgan fingerprint density at radius 3 is 2.47 bits per heavy atom. The van der Waals surface area contributed by atoms with Gasteiger partial charge in [0.25, 0.3) is 0 Å². The lowest BCUT2D eigenvalue weighted by Crippen LogP contribution is -2.04. The van der Waals surface area contributed by atoms with Gasteiger partial charge in [-0.15, -0.1) is 0 Å². The number of rotatable bonds is 1. The second-order valence-corrected chi connectivity index (χ2v) is 3.68. The van der Waals surface area contributed by atoms with E-state index in [4.69, 9.17) is 5.73 Å². The van der Waals surface area contributed by atoms with Crippen LogP contribution in [-0.2, 0) is 0 Å². The molecular formula is C11H14N4. The van der Waals surface area contributed by atoms with E-state index in [0.29, 0.717) is 5.69 Å². The number of hydrogen-bond acceptors (Lipinski definition) is 3. The van der Waals surface area contributed by atoms with Crippen LogP contribution < -0.4 is 5.73 Å². The van der Waals surface area contributed by atoms with E-state index < -0.39 is 0 Å². The number of hydrogen-bond donors (Lipinski definition) is 1. The zero-order valence-electron chi connectivity index (χ0n) is 9.15. The highest BCUT2D eigenvalue weighted by Crippen LogP contribution is 2.13. The Bertz CT molecular complexity index is 499. The van der Waals surface area contributed by atoms with Crippen LogP contribution in [0.2, 0.25) is 0 Å². The third-order valence-electron chi connectivity index (χ3n) is 2.34. The van der Waals surface area contributed by atoms with Crippen molar-refractivity contribution in [2.45, 2.75) is 20.8 Å². The third-order valence-corrected chi connectivity index (χ3v) is 2.34. The molecule has 0 bridgehead atoms. The van der Waals surface area contributed by atoms with Crippen LogP contribution >= 0.6 is 0 Å². The average Bonchev–Trinajstić information content (AvgIpc) is 2.50. The highest BCUT2D eigenvalue weighted by Gasteiger charge is 2.05. The molecule has 4 nitrogen and oxygen atoms in total. The summed E-state index contributed by atoms with van der Waals surface area (Å²) in [5.74, 6) is 0.812. The van der Waals surface area contributed by atoms with Crippen LogP contribution in [0, 0.1) is 20.8 Å². The molecule has 4 heteroatoms. The fraction of sp³-hybridized carbons (Fsp3) is 0.273. The van der Waals surface area contributed by atoms with Crippen LogP contribution in [-0.4, -0.2) is 14.8 Å². The topological polar surface area (TPSA) is 56.7 Å². The number of aryl methyl sites for hydroxylation is 3. The van der Waals surface area contributed by atoms with Crippen LogP contribution in [0.4, 0.5) is 5.69 Å². The van der Waals surface area contributed by atoms with Gasteiger partial charge in [-0.2, -0.15) is 5.10 Å². The van der Waals surface area contributed by atoms with Crippen LogP contribution in [0.5, 0.6) is 0 Å². The molecule has 0 aliphatic heterocycles. The lowest BCUT2D eigenvalue weighted by Gasteiger charge is -2.05. The second-order valence-electron chi connectivity index (χ2n) is 3.68. The predicted octanol–water partition coefficient (Wildman–Crippen LogP) is 1.77. The van der Waals surface area contributed by atoms with E-state index in [-0.39, 0.29) is 0 Å². The lowest BCUT2D eigenvalue weighted by molar-refractivity contribution is 0.802. The molecule has 2 aromatic rings. The standard InChI is InChI=1S/C11H14N4/c1-7-6-8(2)15(14-7)11-5-4-10(12)9(3)13-11/h4-6H,12H2,1-3H3. The molecule has 2 rings (SSSR count). The molecule has 15 heavy (non-hydrogen) atoms. The van der Waals surface area contributed by atoms with E-state index in [1.165, 1.54) is 0 Å². The fourth-order valence-corrected chi connectivity index (χ4v) is 1.54. The lowest BCUT2D eigenvalue weighted by atomic mass is 10.3. The normalized spacial score (nSPS) is 10.6. The number of pyridine rings is 1. The van der Waals surface area contributed by atoms with Crippen molar-refractivity contribution < 1.29 is 0 Å². The van der Waals surface area contributed by atoms with Gasteiger partial charge >= 0.3 is 0 Å². The minimum absolute atomic E-state index is 0.709. The number of nitrogens with zero attached hydrogens (tertiary/aromatic N) is 3. The summed E-state index contributed by atoms with van der Waals surface area (Å²) in [5.41, 5.74) is 9.32. The van der Waals surface area contributed by atoms with Gasteiger partial charge in [-0.3, -0.25) is 0 Å². The Balaban J connectivity index is 2.54. The molecule has 0 amide bonds. The van der Waals surface area contributed by atoms with E-state index >= 15 is 0 Å². The van der Waals surface area contributed by atoms with Gasteiger partial charge in [0.05, 0.1) is 17.1 Å². The molecular weight excluding hydrogens is 188 g/mol. The largest absolute Gasteiger partial charge is 0.397 e. The highest BCUT2D eigenvalue weighted by atomic mass is 15.3. The van der Waals surface area contributed by atoms with Crippen molar-refractivity contribution in [2.75, 3.05) is 5.73 Å². The molecule has 2 heterocycles.